The molecule has 6 nitrogen and oxygen atoms in total. The van der Waals surface area contributed by atoms with Crippen LogP contribution in [-0.4, -0.2) is 29.6 Å². The third kappa shape index (κ3) is 1.50. The highest BCUT2D eigenvalue weighted by Crippen LogP contribution is 2.58. The van der Waals surface area contributed by atoms with Gasteiger partial charge in [0, 0.05) is 59.0 Å². The smallest absolute Gasteiger partial charge is 0.198 e. The SMILES string of the molecule is Oc1c2c(c(O)n1CCn1c(O)c3c(c1O)C1C=CC3C1)C1C=CC2C1. The maximum absolute atomic E-state index is 10.6. The Kier molecular flexibility index (Phi) is 2.49. The number of fused-ring (bicyclic) bond motifs is 10. The Morgan fingerprint density at radius 3 is 1.12 bits per heavy atom. The van der Waals surface area contributed by atoms with Crippen molar-refractivity contribution in [2.45, 2.75) is 49.6 Å². The van der Waals surface area contributed by atoms with E-state index in [2.05, 4.69) is 24.3 Å². The van der Waals surface area contributed by atoms with Gasteiger partial charge in [-0.25, -0.2) is 0 Å². The van der Waals surface area contributed by atoms with Gasteiger partial charge in [-0.05, 0) is 12.8 Å². The van der Waals surface area contributed by atoms with Gasteiger partial charge < -0.3 is 20.4 Å². The van der Waals surface area contributed by atoms with Gasteiger partial charge in [-0.1, -0.05) is 24.3 Å². The number of allylic oxidation sites excluding steroid dienone is 4. The molecule has 0 amide bonds. The Morgan fingerprint density at radius 1 is 0.577 bits per heavy atom. The van der Waals surface area contributed by atoms with Crippen molar-refractivity contribution >= 4 is 0 Å². The van der Waals surface area contributed by atoms with Crippen molar-refractivity contribution in [3.05, 3.63) is 46.6 Å². The largest absolute Gasteiger partial charge is 0.494 e. The predicted molar refractivity (Wildman–Crippen MR) is 94.0 cm³/mol. The molecule has 4 N–H and O–H groups in total. The summed E-state index contributed by atoms with van der Waals surface area (Å²) in [6.07, 6.45) is 10.2. The first kappa shape index (κ1) is 14.4. The molecule has 0 radical (unpaired) electrons. The van der Waals surface area contributed by atoms with E-state index in [1.165, 1.54) is 9.13 Å². The second-order valence-electron chi connectivity index (χ2n) is 7.92. The lowest BCUT2D eigenvalue weighted by molar-refractivity contribution is 0.325. The van der Waals surface area contributed by atoms with E-state index < -0.39 is 0 Å². The first-order chi connectivity index (χ1) is 12.6. The van der Waals surface area contributed by atoms with Crippen LogP contribution in [0.2, 0.25) is 0 Å². The zero-order valence-electron chi connectivity index (χ0n) is 14.1. The number of aromatic hydroxyl groups is 4. The van der Waals surface area contributed by atoms with Gasteiger partial charge in [0.05, 0.1) is 0 Å². The summed E-state index contributed by atoms with van der Waals surface area (Å²) in [7, 11) is 0. The maximum Gasteiger partial charge on any atom is 0.198 e. The number of aromatic nitrogens is 2. The van der Waals surface area contributed by atoms with E-state index in [0.29, 0.717) is 0 Å². The second kappa shape index (κ2) is 4.50. The van der Waals surface area contributed by atoms with Gasteiger partial charge >= 0.3 is 0 Å². The quantitative estimate of drug-likeness (QED) is 0.639. The molecule has 4 unspecified atom stereocenters. The molecule has 2 aromatic rings. The lowest BCUT2D eigenvalue weighted by atomic mass is 10.0. The van der Waals surface area contributed by atoms with Crippen molar-refractivity contribution in [2.24, 2.45) is 0 Å². The van der Waals surface area contributed by atoms with Gasteiger partial charge in [0.15, 0.2) is 23.5 Å². The standard InChI is InChI=1S/C20H20N2O4/c23-17-13-9-1-2-10(7-9)14(13)18(24)21(17)5-6-22-19(25)15-11-3-4-12(8-11)16(15)20(22)26/h1-4,9-12,23-26H,5-8H2. The van der Waals surface area contributed by atoms with E-state index in [1.54, 1.807) is 0 Å². The minimum Gasteiger partial charge on any atom is -0.494 e. The van der Waals surface area contributed by atoms with Crippen molar-refractivity contribution in [2.75, 3.05) is 0 Å². The van der Waals surface area contributed by atoms with Crippen LogP contribution in [0.4, 0.5) is 0 Å². The molecular weight excluding hydrogens is 332 g/mol. The number of rotatable bonds is 3. The van der Waals surface area contributed by atoms with Crippen molar-refractivity contribution in [3.63, 3.8) is 0 Å². The Morgan fingerprint density at radius 2 is 0.846 bits per heavy atom. The highest BCUT2D eigenvalue weighted by atomic mass is 16.3. The van der Waals surface area contributed by atoms with E-state index in [1.807, 2.05) is 0 Å². The van der Waals surface area contributed by atoms with Crippen molar-refractivity contribution in [1.29, 1.82) is 0 Å². The van der Waals surface area contributed by atoms with Crippen LogP contribution >= 0.6 is 0 Å². The maximum atomic E-state index is 10.6. The molecule has 0 aromatic carbocycles. The Balaban J connectivity index is 1.34. The molecule has 4 aliphatic carbocycles. The molecule has 0 fully saturated rings. The van der Waals surface area contributed by atoms with E-state index in [-0.39, 0.29) is 60.3 Å². The average molecular weight is 352 g/mol. The minimum absolute atomic E-state index is 0.106. The van der Waals surface area contributed by atoms with Gasteiger partial charge in [0.1, 0.15) is 0 Å². The van der Waals surface area contributed by atoms with E-state index in [0.717, 1.165) is 35.1 Å². The van der Waals surface area contributed by atoms with Gasteiger partial charge in [0.2, 0.25) is 0 Å². The fourth-order valence-electron chi connectivity index (χ4n) is 5.60. The average Bonchev–Trinajstić information content (AvgIpc) is 3.43. The fraction of sp³-hybridized carbons (Fsp3) is 0.400. The molecule has 4 bridgehead atoms. The molecule has 2 heterocycles. The van der Waals surface area contributed by atoms with Crippen LogP contribution in [0, 0.1) is 0 Å². The van der Waals surface area contributed by atoms with Crippen LogP contribution in [0.1, 0.15) is 58.8 Å². The minimum atomic E-state index is 0.106. The summed E-state index contributed by atoms with van der Waals surface area (Å²) in [5, 5.41) is 42.4. The first-order valence-electron chi connectivity index (χ1n) is 9.21. The van der Waals surface area contributed by atoms with Crippen LogP contribution in [0.25, 0.3) is 0 Å². The number of hydrogen-bond acceptors (Lipinski definition) is 4. The van der Waals surface area contributed by atoms with Crippen LogP contribution in [0.15, 0.2) is 24.3 Å². The number of hydrogen-bond donors (Lipinski definition) is 4. The molecule has 26 heavy (non-hydrogen) atoms. The van der Waals surface area contributed by atoms with Gasteiger partial charge in [0.25, 0.3) is 0 Å². The lowest BCUT2D eigenvalue weighted by Gasteiger charge is -2.13. The Labute approximate surface area is 149 Å². The molecule has 0 saturated heterocycles. The zero-order valence-corrected chi connectivity index (χ0v) is 14.1. The number of nitrogens with zero attached hydrogens (tertiary/aromatic N) is 2. The summed E-state index contributed by atoms with van der Waals surface area (Å²) in [5.74, 6) is 1.15. The third-order valence-electron chi connectivity index (χ3n) is 6.76. The van der Waals surface area contributed by atoms with Gasteiger partial charge in [-0.2, -0.15) is 0 Å². The van der Waals surface area contributed by atoms with Crippen LogP contribution < -0.4 is 0 Å². The first-order valence-corrected chi connectivity index (χ1v) is 9.21. The summed E-state index contributed by atoms with van der Waals surface area (Å²) in [4.78, 5) is 0. The summed E-state index contributed by atoms with van der Waals surface area (Å²) >= 11 is 0. The molecule has 0 spiro atoms. The topological polar surface area (TPSA) is 90.8 Å². The molecule has 6 heteroatoms. The van der Waals surface area contributed by atoms with Gasteiger partial charge in [-0.15, -0.1) is 0 Å². The molecular formula is C20H20N2O4. The van der Waals surface area contributed by atoms with Gasteiger partial charge in [-0.3, -0.25) is 9.13 Å². The van der Waals surface area contributed by atoms with Crippen molar-refractivity contribution in [3.8, 4) is 23.5 Å². The molecule has 0 saturated carbocycles. The molecule has 4 atom stereocenters. The summed E-state index contributed by atoms with van der Waals surface area (Å²) in [5.41, 5.74) is 3.34. The highest BCUT2D eigenvalue weighted by molar-refractivity contribution is 5.60. The molecule has 4 aliphatic rings. The van der Waals surface area contributed by atoms with Crippen molar-refractivity contribution in [1.82, 2.24) is 9.13 Å². The fourth-order valence-corrected chi connectivity index (χ4v) is 5.60. The van der Waals surface area contributed by atoms with Crippen molar-refractivity contribution < 1.29 is 20.4 Å². The lowest BCUT2D eigenvalue weighted by Crippen LogP contribution is -2.07. The third-order valence-corrected chi connectivity index (χ3v) is 6.76. The Hall–Kier alpha value is -2.76. The molecule has 0 aliphatic heterocycles. The van der Waals surface area contributed by atoms with E-state index >= 15 is 0 Å². The van der Waals surface area contributed by atoms with E-state index in [9.17, 15) is 20.4 Å². The molecule has 6 rings (SSSR count). The molecule has 2 aromatic heterocycles. The van der Waals surface area contributed by atoms with E-state index in [4.69, 9.17) is 0 Å². The van der Waals surface area contributed by atoms with Crippen LogP contribution in [0.5, 0.6) is 23.5 Å². The Bertz CT molecular complexity index is 872. The van der Waals surface area contributed by atoms with Crippen LogP contribution in [-0.2, 0) is 13.1 Å². The monoisotopic (exact) mass is 352 g/mol. The summed E-state index contributed by atoms with van der Waals surface area (Å²) in [6.45, 7) is 0.559. The second-order valence-corrected chi connectivity index (χ2v) is 7.92. The molecule has 134 valence electrons. The predicted octanol–water partition coefficient (Wildman–Crippen LogP) is 3.09. The van der Waals surface area contributed by atoms with Crippen LogP contribution in [0.3, 0.4) is 0 Å². The summed E-state index contributed by atoms with van der Waals surface area (Å²) in [6, 6.07) is 0. The zero-order chi connectivity index (χ0) is 17.7. The normalized spacial score (nSPS) is 29.1. The highest BCUT2D eigenvalue weighted by Gasteiger charge is 2.42. The summed E-state index contributed by atoms with van der Waals surface area (Å²) < 4.78 is 2.99.